The van der Waals surface area contributed by atoms with Gasteiger partial charge in [0.05, 0.1) is 6.61 Å². The molecule has 0 spiro atoms. The second-order valence-corrected chi connectivity index (χ2v) is 3.54. The van der Waals surface area contributed by atoms with Gasteiger partial charge in [-0.1, -0.05) is 6.92 Å². The molecule has 82 valence electrons. The van der Waals surface area contributed by atoms with E-state index in [4.69, 9.17) is 4.74 Å². The average Bonchev–Trinajstić information content (AvgIpc) is 2.19. The van der Waals surface area contributed by atoms with Crippen LogP contribution in [0.1, 0.15) is 26.7 Å². The molecular formula is C10H20N2O2. The highest BCUT2D eigenvalue weighted by atomic mass is 16.6. The fourth-order valence-electron chi connectivity index (χ4n) is 1.81. The van der Waals surface area contributed by atoms with Gasteiger partial charge in [-0.3, -0.25) is 0 Å². The third-order valence-corrected chi connectivity index (χ3v) is 2.44. The summed E-state index contributed by atoms with van der Waals surface area (Å²) in [5, 5.41) is 3.36. The van der Waals surface area contributed by atoms with Crippen molar-refractivity contribution in [3.63, 3.8) is 0 Å². The van der Waals surface area contributed by atoms with Crippen LogP contribution in [0.15, 0.2) is 0 Å². The van der Waals surface area contributed by atoms with Crippen LogP contribution < -0.4 is 5.32 Å². The lowest BCUT2D eigenvalue weighted by Gasteiger charge is -2.32. The number of rotatable bonds is 3. The summed E-state index contributed by atoms with van der Waals surface area (Å²) in [5.41, 5.74) is 0. The summed E-state index contributed by atoms with van der Waals surface area (Å²) in [4.78, 5) is 13.2. The maximum absolute atomic E-state index is 11.4. The van der Waals surface area contributed by atoms with Gasteiger partial charge in [0.2, 0.25) is 0 Å². The summed E-state index contributed by atoms with van der Waals surface area (Å²) in [7, 11) is 0. The van der Waals surface area contributed by atoms with Gasteiger partial charge in [0.1, 0.15) is 0 Å². The number of ether oxygens (including phenoxy) is 1. The van der Waals surface area contributed by atoms with E-state index in [9.17, 15) is 4.79 Å². The van der Waals surface area contributed by atoms with Crippen molar-refractivity contribution in [1.29, 1.82) is 0 Å². The molecule has 1 heterocycles. The van der Waals surface area contributed by atoms with Crippen LogP contribution >= 0.6 is 0 Å². The Morgan fingerprint density at radius 2 is 2.36 bits per heavy atom. The van der Waals surface area contributed by atoms with Crippen LogP contribution in [0.5, 0.6) is 0 Å². The Kier molecular flexibility index (Phi) is 4.73. The lowest BCUT2D eigenvalue weighted by molar-refractivity contribution is 0.0931. The van der Waals surface area contributed by atoms with Crippen molar-refractivity contribution in [3.05, 3.63) is 0 Å². The Labute approximate surface area is 85.6 Å². The smallest absolute Gasteiger partial charge is 0.409 e. The van der Waals surface area contributed by atoms with Crippen LogP contribution in [0.25, 0.3) is 0 Å². The molecule has 1 atom stereocenters. The highest BCUT2D eigenvalue weighted by molar-refractivity contribution is 5.67. The number of hydrogen-bond donors (Lipinski definition) is 1. The van der Waals surface area contributed by atoms with Crippen molar-refractivity contribution < 1.29 is 9.53 Å². The summed E-state index contributed by atoms with van der Waals surface area (Å²) in [6.45, 7) is 6.96. The van der Waals surface area contributed by atoms with Crippen molar-refractivity contribution in [2.24, 2.45) is 0 Å². The quantitative estimate of drug-likeness (QED) is 0.744. The summed E-state index contributed by atoms with van der Waals surface area (Å²) in [6, 6.07) is 0.443. The minimum absolute atomic E-state index is 0.171. The van der Waals surface area contributed by atoms with Crippen LogP contribution in [-0.4, -0.2) is 43.3 Å². The molecule has 0 aromatic heterocycles. The maximum atomic E-state index is 11.4. The lowest BCUT2D eigenvalue weighted by Crippen LogP contribution is -2.48. The summed E-state index contributed by atoms with van der Waals surface area (Å²) in [5.74, 6) is 0. The number of amides is 1. The summed E-state index contributed by atoms with van der Waals surface area (Å²) >= 11 is 0. The molecule has 0 saturated carbocycles. The Balaban J connectivity index is 2.35. The first-order valence-corrected chi connectivity index (χ1v) is 5.43. The number of carbonyl (C=O) groups excluding carboxylic acids is 1. The number of carbonyl (C=O) groups is 1. The fourth-order valence-corrected chi connectivity index (χ4v) is 1.81. The van der Waals surface area contributed by atoms with Gasteiger partial charge in [-0.2, -0.15) is 0 Å². The molecule has 0 aromatic carbocycles. The Morgan fingerprint density at radius 1 is 1.57 bits per heavy atom. The number of likely N-dealkylation sites (N-methyl/N-ethyl adjacent to an activating group) is 1. The van der Waals surface area contributed by atoms with E-state index in [2.05, 4.69) is 12.2 Å². The Hall–Kier alpha value is -0.770. The maximum Gasteiger partial charge on any atom is 0.409 e. The predicted molar refractivity (Wildman–Crippen MR) is 55.3 cm³/mol. The van der Waals surface area contributed by atoms with Crippen molar-refractivity contribution >= 4 is 6.09 Å². The molecule has 0 aliphatic carbocycles. The van der Waals surface area contributed by atoms with Gasteiger partial charge < -0.3 is 15.0 Å². The Morgan fingerprint density at radius 3 is 3.00 bits per heavy atom. The number of nitrogens with zero attached hydrogens (tertiary/aromatic N) is 1. The van der Waals surface area contributed by atoms with Crippen molar-refractivity contribution in [1.82, 2.24) is 10.2 Å². The van der Waals surface area contributed by atoms with E-state index in [0.717, 1.165) is 32.5 Å². The molecule has 4 heteroatoms. The van der Waals surface area contributed by atoms with Gasteiger partial charge in [-0.05, 0) is 26.3 Å². The molecule has 1 aliphatic rings. The van der Waals surface area contributed by atoms with Gasteiger partial charge >= 0.3 is 6.09 Å². The largest absolute Gasteiger partial charge is 0.450 e. The molecule has 1 fully saturated rings. The molecule has 1 amide bonds. The van der Waals surface area contributed by atoms with Crippen molar-refractivity contribution in [2.45, 2.75) is 32.7 Å². The first kappa shape index (κ1) is 11.3. The number of nitrogens with one attached hydrogen (secondary N) is 1. The normalized spacial score (nSPS) is 22.1. The fraction of sp³-hybridized carbons (Fsp3) is 0.900. The molecule has 1 aliphatic heterocycles. The molecule has 1 saturated heterocycles. The minimum atomic E-state index is -0.171. The summed E-state index contributed by atoms with van der Waals surface area (Å²) < 4.78 is 4.97. The van der Waals surface area contributed by atoms with Gasteiger partial charge in [-0.25, -0.2) is 4.79 Å². The van der Waals surface area contributed by atoms with E-state index in [1.54, 1.807) is 4.90 Å². The molecule has 14 heavy (non-hydrogen) atoms. The first-order chi connectivity index (χ1) is 6.77. The van der Waals surface area contributed by atoms with E-state index < -0.39 is 0 Å². The van der Waals surface area contributed by atoms with Gasteiger partial charge in [0, 0.05) is 19.1 Å². The molecule has 4 nitrogen and oxygen atoms in total. The summed E-state index contributed by atoms with van der Waals surface area (Å²) in [6.07, 6.45) is 2.05. The minimum Gasteiger partial charge on any atom is -0.450 e. The zero-order valence-corrected chi connectivity index (χ0v) is 9.08. The molecule has 1 N–H and O–H groups in total. The van der Waals surface area contributed by atoms with Crippen molar-refractivity contribution in [2.75, 3.05) is 26.2 Å². The zero-order chi connectivity index (χ0) is 10.4. The molecule has 0 aromatic rings. The predicted octanol–water partition coefficient (Wildman–Crippen LogP) is 1.22. The number of piperidine rings is 1. The lowest BCUT2D eigenvalue weighted by atomic mass is 10.1. The van der Waals surface area contributed by atoms with Crippen LogP contribution in [0.2, 0.25) is 0 Å². The SMILES string of the molecule is CCNC1CCCN(C(=O)OCC)C1. The van der Waals surface area contributed by atoms with Gasteiger partial charge in [0.25, 0.3) is 0 Å². The standard InChI is InChI=1S/C10H20N2O2/c1-3-11-9-6-5-7-12(8-9)10(13)14-4-2/h9,11H,3-8H2,1-2H3. The first-order valence-electron chi connectivity index (χ1n) is 5.43. The van der Waals surface area contributed by atoms with Crippen LogP contribution in [0.4, 0.5) is 4.79 Å². The van der Waals surface area contributed by atoms with E-state index in [-0.39, 0.29) is 6.09 Å². The van der Waals surface area contributed by atoms with E-state index in [1.807, 2.05) is 6.92 Å². The highest BCUT2D eigenvalue weighted by Crippen LogP contribution is 2.10. The van der Waals surface area contributed by atoms with Crippen LogP contribution in [-0.2, 0) is 4.74 Å². The van der Waals surface area contributed by atoms with Gasteiger partial charge in [0.15, 0.2) is 0 Å². The van der Waals surface area contributed by atoms with E-state index in [0.29, 0.717) is 12.6 Å². The van der Waals surface area contributed by atoms with Gasteiger partial charge in [-0.15, -0.1) is 0 Å². The second-order valence-electron chi connectivity index (χ2n) is 3.54. The highest BCUT2D eigenvalue weighted by Gasteiger charge is 2.23. The average molecular weight is 200 g/mol. The molecule has 1 rings (SSSR count). The topological polar surface area (TPSA) is 41.6 Å². The van der Waals surface area contributed by atoms with Crippen LogP contribution in [0.3, 0.4) is 0 Å². The second kappa shape index (κ2) is 5.86. The van der Waals surface area contributed by atoms with E-state index >= 15 is 0 Å². The van der Waals surface area contributed by atoms with Crippen molar-refractivity contribution in [3.8, 4) is 0 Å². The number of hydrogen-bond acceptors (Lipinski definition) is 3. The monoisotopic (exact) mass is 200 g/mol. The molecular weight excluding hydrogens is 180 g/mol. The molecule has 0 radical (unpaired) electrons. The zero-order valence-electron chi connectivity index (χ0n) is 9.08. The molecule has 1 unspecified atom stereocenters. The van der Waals surface area contributed by atoms with Crippen LogP contribution in [0, 0.1) is 0 Å². The Bertz CT molecular complexity index is 183. The third kappa shape index (κ3) is 3.18. The number of likely N-dealkylation sites (tertiary alicyclic amines) is 1. The molecule has 0 bridgehead atoms. The third-order valence-electron chi connectivity index (χ3n) is 2.44. The van der Waals surface area contributed by atoms with E-state index in [1.165, 1.54) is 0 Å².